The highest BCUT2D eigenvalue weighted by molar-refractivity contribution is 6.33. The van der Waals surface area contributed by atoms with Crippen molar-refractivity contribution in [3.8, 4) is 0 Å². The van der Waals surface area contributed by atoms with Crippen molar-refractivity contribution in [3.63, 3.8) is 0 Å². The fourth-order valence-corrected chi connectivity index (χ4v) is 1.64. The fraction of sp³-hybridized carbons (Fsp3) is 0.400. The second kappa shape index (κ2) is 5.64. The van der Waals surface area contributed by atoms with Gasteiger partial charge in [-0.25, -0.2) is 8.78 Å². The molecule has 0 aliphatic carbocycles. The first-order valence-corrected chi connectivity index (χ1v) is 5.19. The number of likely N-dealkylation sites (N-methyl/N-ethyl adjacent to an activating group) is 1. The molecular formula is C10H11Cl2F2N. The van der Waals surface area contributed by atoms with Crippen LogP contribution in [0.2, 0.25) is 10.0 Å². The molecule has 0 aliphatic rings. The van der Waals surface area contributed by atoms with E-state index in [1.165, 1.54) is 7.05 Å². The molecule has 1 aromatic carbocycles. The molecule has 1 N–H and O–H groups in total. The Morgan fingerprint density at radius 2 is 2.00 bits per heavy atom. The summed E-state index contributed by atoms with van der Waals surface area (Å²) in [7, 11) is 1.50. The van der Waals surface area contributed by atoms with Gasteiger partial charge in [-0.15, -0.1) is 0 Å². The van der Waals surface area contributed by atoms with Gasteiger partial charge in [0.1, 0.15) is 0 Å². The van der Waals surface area contributed by atoms with Crippen molar-refractivity contribution in [2.45, 2.75) is 18.9 Å². The Morgan fingerprint density at radius 1 is 1.33 bits per heavy atom. The van der Waals surface area contributed by atoms with Crippen molar-refractivity contribution < 1.29 is 8.78 Å². The maximum Gasteiger partial charge on any atom is 0.254 e. The molecule has 0 spiro atoms. The van der Waals surface area contributed by atoms with E-state index in [0.29, 0.717) is 15.6 Å². The minimum atomic E-state index is -2.43. The van der Waals surface area contributed by atoms with Crippen LogP contribution in [-0.2, 0) is 6.42 Å². The number of nitrogens with one attached hydrogen (secondary N) is 1. The van der Waals surface area contributed by atoms with Crippen molar-refractivity contribution in [1.82, 2.24) is 5.32 Å². The Hall–Kier alpha value is -0.380. The van der Waals surface area contributed by atoms with Gasteiger partial charge in [-0.2, -0.15) is 0 Å². The molecule has 0 aromatic heterocycles. The Labute approximate surface area is 97.4 Å². The zero-order chi connectivity index (χ0) is 11.4. The lowest BCUT2D eigenvalue weighted by molar-refractivity contribution is 0.102. The van der Waals surface area contributed by atoms with Crippen LogP contribution in [-0.4, -0.2) is 19.5 Å². The second-order valence-electron chi connectivity index (χ2n) is 3.17. The Balaban J connectivity index is 2.82. The van der Waals surface area contributed by atoms with Gasteiger partial charge in [0.15, 0.2) is 0 Å². The maximum absolute atomic E-state index is 12.5. The average Bonchev–Trinajstić information content (AvgIpc) is 2.18. The summed E-state index contributed by atoms with van der Waals surface area (Å²) in [6.07, 6.45) is -2.27. The van der Waals surface area contributed by atoms with Crippen LogP contribution >= 0.6 is 23.2 Å². The first kappa shape index (κ1) is 12.7. The minimum Gasteiger partial charge on any atom is -0.312 e. The Kier molecular flexibility index (Phi) is 4.77. The monoisotopic (exact) mass is 253 g/mol. The lowest BCUT2D eigenvalue weighted by atomic mass is 10.1. The van der Waals surface area contributed by atoms with Gasteiger partial charge in [-0.1, -0.05) is 23.2 Å². The Morgan fingerprint density at radius 3 is 2.53 bits per heavy atom. The van der Waals surface area contributed by atoms with Gasteiger partial charge in [0.05, 0.1) is 6.04 Å². The van der Waals surface area contributed by atoms with E-state index in [2.05, 4.69) is 5.32 Å². The van der Waals surface area contributed by atoms with Gasteiger partial charge in [0.2, 0.25) is 0 Å². The third kappa shape index (κ3) is 3.59. The molecule has 0 saturated carbocycles. The first-order valence-electron chi connectivity index (χ1n) is 4.44. The Bertz CT molecular complexity index is 331. The van der Waals surface area contributed by atoms with Crippen LogP contribution in [0.4, 0.5) is 8.78 Å². The molecule has 0 amide bonds. The standard InChI is InChI=1S/C10H11Cl2F2N/c1-15-9(10(13)14)5-6-4-7(11)2-3-8(6)12/h2-4,9-10,15H,5H2,1H3. The van der Waals surface area contributed by atoms with Gasteiger partial charge in [-0.05, 0) is 37.2 Å². The fourth-order valence-electron chi connectivity index (χ4n) is 1.25. The number of alkyl halides is 2. The van der Waals surface area contributed by atoms with E-state index >= 15 is 0 Å². The molecule has 1 rings (SSSR count). The van der Waals surface area contributed by atoms with Crippen molar-refractivity contribution in [2.75, 3.05) is 7.05 Å². The van der Waals surface area contributed by atoms with E-state index in [9.17, 15) is 8.78 Å². The van der Waals surface area contributed by atoms with Crippen LogP contribution in [0.3, 0.4) is 0 Å². The molecule has 5 heteroatoms. The maximum atomic E-state index is 12.5. The molecule has 15 heavy (non-hydrogen) atoms. The van der Waals surface area contributed by atoms with E-state index in [1.807, 2.05) is 0 Å². The first-order chi connectivity index (χ1) is 7.04. The second-order valence-corrected chi connectivity index (χ2v) is 4.01. The van der Waals surface area contributed by atoms with Crippen LogP contribution in [0.1, 0.15) is 5.56 Å². The zero-order valence-electron chi connectivity index (χ0n) is 8.11. The van der Waals surface area contributed by atoms with E-state index in [1.54, 1.807) is 18.2 Å². The van der Waals surface area contributed by atoms with E-state index < -0.39 is 12.5 Å². The third-order valence-corrected chi connectivity index (χ3v) is 2.73. The topological polar surface area (TPSA) is 12.0 Å². The van der Waals surface area contributed by atoms with Gasteiger partial charge in [-0.3, -0.25) is 0 Å². The summed E-state index contributed by atoms with van der Waals surface area (Å²) in [4.78, 5) is 0. The predicted molar refractivity (Wildman–Crippen MR) is 59.0 cm³/mol. The molecular weight excluding hydrogens is 243 g/mol. The normalized spacial score (nSPS) is 13.2. The number of hydrogen-bond donors (Lipinski definition) is 1. The highest BCUT2D eigenvalue weighted by Gasteiger charge is 2.19. The highest BCUT2D eigenvalue weighted by Crippen LogP contribution is 2.22. The molecule has 0 bridgehead atoms. The SMILES string of the molecule is CNC(Cc1cc(Cl)ccc1Cl)C(F)F. The molecule has 0 aliphatic heterocycles. The van der Waals surface area contributed by atoms with Crippen molar-refractivity contribution >= 4 is 23.2 Å². The summed E-state index contributed by atoms with van der Waals surface area (Å²) < 4.78 is 25.0. The minimum absolute atomic E-state index is 0.160. The summed E-state index contributed by atoms with van der Waals surface area (Å²) >= 11 is 11.6. The van der Waals surface area contributed by atoms with Crippen LogP contribution in [0.25, 0.3) is 0 Å². The summed E-state index contributed by atoms with van der Waals surface area (Å²) in [5.74, 6) is 0. The number of halogens is 4. The summed E-state index contributed by atoms with van der Waals surface area (Å²) in [5.41, 5.74) is 0.629. The number of benzene rings is 1. The molecule has 1 atom stereocenters. The smallest absolute Gasteiger partial charge is 0.254 e. The van der Waals surface area contributed by atoms with Crippen LogP contribution in [0.5, 0.6) is 0 Å². The van der Waals surface area contributed by atoms with Crippen molar-refractivity contribution in [2.24, 2.45) is 0 Å². The quantitative estimate of drug-likeness (QED) is 0.868. The average molecular weight is 254 g/mol. The number of rotatable bonds is 4. The van der Waals surface area contributed by atoms with E-state index in [-0.39, 0.29) is 6.42 Å². The lowest BCUT2D eigenvalue weighted by Gasteiger charge is -2.15. The number of hydrogen-bond acceptors (Lipinski definition) is 1. The molecule has 1 nitrogen and oxygen atoms in total. The molecule has 0 saturated heterocycles. The molecule has 1 aromatic rings. The van der Waals surface area contributed by atoms with Crippen molar-refractivity contribution in [3.05, 3.63) is 33.8 Å². The van der Waals surface area contributed by atoms with E-state index in [0.717, 1.165) is 0 Å². The molecule has 0 fully saturated rings. The lowest BCUT2D eigenvalue weighted by Crippen LogP contribution is -2.34. The zero-order valence-corrected chi connectivity index (χ0v) is 9.62. The van der Waals surface area contributed by atoms with Gasteiger partial charge in [0, 0.05) is 10.0 Å². The van der Waals surface area contributed by atoms with Crippen LogP contribution in [0, 0.1) is 0 Å². The van der Waals surface area contributed by atoms with Crippen molar-refractivity contribution in [1.29, 1.82) is 0 Å². The summed E-state index contributed by atoms with van der Waals surface area (Å²) in [6, 6.07) is 3.94. The molecule has 0 radical (unpaired) electrons. The summed E-state index contributed by atoms with van der Waals surface area (Å²) in [5, 5.41) is 3.50. The predicted octanol–water partition coefficient (Wildman–Crippen LogP) is 3.39. The molecule has 1 unspecified atom stereocenters. The van der Waals surface area contributed by atoms with Gasteiger partial charge < -0.3 is 5.32 Å². The van der Waals surface area contributed by atoms with E-state index in [4.69, 9.17) is 23.2 Å². The third-order valence-electron chi connectivity index (χ3n) is 2.12. The van der Waals surface area contributed by atoms with Crippen LogP contribution in [0.15, 0.2) is 18.2 Å². The van der Waals surface area contributed by atoms with Gasteiger partial charge in [0.25, 0.3) is 6.43 Å². The largest absolute Gasteiger partial charge is 0.312 e. The summed E-state index contributed by atoms with van der Waals surface area (Å²) in [6.45, 7) is 0. The van der Waals surface area contributed by atoms with Gasteiger partial charge >= 0.3 is 0 Å². The molecule has 0 heterocycles. The van der Waals surface area contributed by atoms with Crippen LogP contribution < -0.4 is 5.32 Å². The highest BCUT2D eigenvalue weighted by atomic mass is 35.5. The molecule has 84 valence electrons.